The first-order chi connectivity index (χ1) is 6.18. The van der Waals surface area contributed by atoms with Crippen molar-refractivity contribution in [3.63, 3.8) is 0 Å². The van der Waals surface area contributed by atoms with E-state index in [4.69, 9.17) is 6.03 Å². The molecular weight excluding hydrogens is 430 g/mol. The fourth-order valence-corrected chi connectivity index (χ4v) is 6.48. The summed E-state index contributed by atoms with van der Waals surface area (Å²) in [6.45, 7) is 0. The van der Waals surface area contributed by atoms with Gasteiger partial charge in [0, 0.05) is 0 Å². The van der Waals surface area contributed by atoms with Crippen molar-refractivity contribution in [2.45, 2.75) is 14.6 Å². The number of hydrogen-bond donors (Lipinski definition) is 0. The summed E-state index contributed by atoms with van der Waals surface area (Å²) in [5.74, 6) is -0.802. The van der Waals surface area contributed by atoms with Crippen molar-refractivity contribution >= 4 is 62.0 Å². The Bertz CT molecular complexity index is 224. The number of carbonyl (C=O) groups is 2. The zero-order valence-electron chi connectivity index (χ0n) is 8.25. The van der Waals surface area contributed by atoms with Crippen molar-refractivity contribution in [2.24, 2.45) is 0 Å². The van der Waals surface area contributed by atoms with Gasteiger partial charge in [-0.1, -0.05) is 0 Å². The van der Waals surface area contributed by atoms with E-state index in [9.17, 15) is 9.59 Å². The third-order valence-corrected chi connectivity index (χ3v) is 6.67. The summed E-state index contributed by atoms with van der Waals surface area (Å²) in [5, 5.41) is 0.215. The van der Waals surface area contributed by atoms with Crippen LogP contribution in [0.1, 0.15) is 0 Å². The van der Waals surface area contributed by atoms with E-state index in [0.29, 0.717) is 0 Å². The number of carbonyl (C=O) groups excluding carboxylic acids is 2. The van der Waals surface area contributed by atoms with E-state index in [0.717, 1.165) is 0 Å². The molecule has 0 aliphatic rings. The van der Waals surface area contributed by atoms with Gasteiger partial charge in [-0.15, -0.1) is 0 Å². The van der Waals surface area contributed by atoms with Gasteiger partial charge in [0.15, 0.2) is 0 Å². The van der Waals surface area contributed by atoms with Crippen molar-refractivity contribution in [2.75, 3.05) is 10.7 Å². The fraction of sp³-hybridized carbons (Fsp3) is 0.714. The maximum absolute atomic E-state index is 11.1. The second-order valence-corrected chi connectivity index (χ2v) is 20.2. The van der Waals surface area contributed by atoms with Crippen molar-refractivity contribution in [1.29, 1.82) is 0 Å². The van der Waals surface area contributed by atoms with Gasteiger partial charge >= 0.3 is 103 Å². The Balaban J connectivity index is 4.51. The molecule has 0 atom stereocenters. The van der Waals surface area contributed by atoms with E-state index in [1.165, 1.54) is 0 Å². The van der Waals surface area contributed by atoms with Gasteiger partial charge in [-0.05, 0) is 0 Å². The number of rotatable bonds is 4. The zero-order valence-corrected chi connectivity index (χ0v) is 14.0. The van der Waals surface area contributed by atoms with E-state index in [1.54, 1.807) is 14.6 Å². The van der Waals surface area contributed by atoms with E-state index in [-0.39, 0.29) is 10.7 Å². The van der Waals surface area contributed by atoms with Crippen LogP contribution in [0.25, 0.3) is 0 Å². The molecule has 14 heavy (non-hydrogen) atoms. The molecule has 0 saturated carbocycles. The fourth-order valence-electron chi connectivity index (χ4n) is 0.761. The Morgan fingerprint density at radius 2 is 1.29 bits per heavy atom. The average Bonchev–Trinajstić information content (AvgIpc) is 2.01. The van der Waals surface area contributed by atoms with Crippen LogP contribution in [-0.4, -0.2) is 40.8 Å². The summed E-state index contributed by atoms with van der Waals surface area (Å²) in [6.07, 6.45) is 0. The van der Waals surface area contributed by atoms with Crippen LogP contribution in [0.3, 0.4) is 0 Å². The molecule has 0 unspecified atom stereocenters. The topological polar surface area (TPSA) is 52.6 Å². The van der Waals surface area contributed by atoms with Crippen LogP contribution in [-0.2, 0) is 15.6 Å². The Hall–Kier alpha value is 0.718. The maximum atomic E-state index is 11.1. The van der Waals surface area contributed by atoms with Crippen LogP contribution >= 0.6 is 31.9 Å². The molecule has 0 aromatic carbocycles. The second kappa shape index (κ2) is 5.17. The van der Waals surface area contributed by atoms with E-state index in [2.05, 4.69) is 31.9 Å². The molecule has 0 saturated heterocycles. The molecule has 7 heteroatoms. The molecule has 0 N–H and O–H groups in total. The van der Waals surface area contributed by atoms with Gasteiger partial charge in [0.2, 0.25) is 0 Å². The van der Waals surface area contributed by atoms with Gasteiger partial charge in [-0.2, -0.15) is 0 Å². The van der Waals surface area contributed by atoms with Gasteiger partial charge in [-0.25, -0.2) is 0 Å². The Morgan fingerprint density at radius 1 is 1.00 bits per heavy atom. The molecule has 4 nitrogen and oxygen atoms in total. The van der Waals surface area contributed by atoms with Gasteiger partial charge in [0.05, 0.1) is 0 Å². The van der Waals surface area contributed by atoms with Gasteiger partial charge < -0.3 is 0 Å². The monoisotopic (exact) mass is 440 g/mol. The summed E-state index contributed by atoms with van der Waals surface area (Å²) < 4.78 is 10.4. The quantitative estimate of drug-likeness (QED) is 0.494. The molecule has 0 bridgehead atoms. The number of halogens is 2. The zero-order chi connectivity index (χ0) is 11.4. The molecule has 0 heterocycles. The van der Waals surface area contributed by atoms with Gasteiger partial charge in [0.25, 0.3) is 0 Å². The van der Waals surface area contributed by atoms with E-state index < -0.39 is 30.2 Å². The second-order valence-electron chi connectivity index (χ2n) is 3.71. The first-order valence-corrected chi connectivity index (χ1v) is 15.8. The predicted molar refractivity (Wildman–Crippen MR) is 63.1 cm³/mol. The Kier molecular flexibility index (Phi) is 5.43. The first-order valence-electron chi connectivity index (χ1n) is 3.76. The van der Waals surface area contributed by atoms with E-state index in [1.807, 2.05) is 0 Å². The van der Waals surface area contributed by atoms with Crippen LogP contribution in [0.5, 0.6) is 0 Å². The van der Waals surface area contributed by atoms with Crippen LogP contribution in [0.4, 0.5) is 0 Å². The van der Waals surface area contributed by atoms with Crippen LogP contribution < -0.4 is 0 Å². The molecule has 0 aliphatic carbocycles. The predicted octanol–water partition coefficient (Wildman–Crippen LogP) is 2.15. The molecule has 0 fully saturated rings. The Morgan fingerprint density at radius 3 is 1.50 bits per heavy atom. The molecule has 0 amide bonds. The first kappa shape index (κ1) is 14.7. The van der Waals surface area contributed by atoms with Crippen LogP contribution in [0.2, 0.25) is 14.6 Å². The Labute approximate surface area is 102 Å². The molecule has 0 rings (SSSR count). The summed E-state index contributed by atoms with van der Waals surface area (Å²) in [6, 6.07) is 0. The number of alkyl halides is 2. The molecule has 0 aliphatic heterocycles. The van der Waals surface area contributed by atoms with Gasteiger partial charge in [0.1, 0.15) is 0 Å². The number of hydrogen-bond acceptors (Lipinski definition) is 4. The molecular formula is C7H13Br2O4Sb. The summed E-state index contributed by atoms with van der Waals surface area (Å²) >= 11 is 2.07. The minimum absolute atomic E-state index is 0.107. The van der Waals surface area contributed by atoms with Crippen LogP contribution in [0.15, 0.2) is 0 Å². The molecule has 0 radical (unpaired) electrons. The van der Waals surface area contributed by atoms with Crippen LogP contribution in [0, 0.1) is 0 Å². The third-order valence-electron chi connectivity index (χ3n) is 1.04. The molecule has 0 spiro atoms. The van der Waals surface area contributed by atoms with E-state index >= 15 is 0 Å². The average molecular weight is 443 g/mol. The van der Waals surface area contributed by atoms with Crippen molar-refractivity contribution in [3.8, 4) is 0 Å². The summed E-state index contributed by atoms with van der Waals surface area (Å²) in [5.41, 5.74) is 0. The SMILES string of the molecule is [CH3][Sb]([CH3])([CH3])([O]C(=O)CBr)[O]C(=O)CBr. The van der Waals surface area contributed by atoms with Crippen molar-refractivity contribution in [1.82, 2.24) is 0 Å². The van der Waals surface area contributed by atoms with Gasteiger partial charge in [-0.3, -0.25) is 0 Å². The molecule has 0 aromatic rings. The molecule has 0 aromatic heterocycles. The summed E-state index contributed by atoms with van der Waals surface area (Å²) in [4.78, 5) is 27.3. The summed E-state index contributed by atoms with van der Waals surface area (Å²) in [7, 11) is 0. The molecule has 84 valence electrons. The van der Waals surface area contributed by atoms with Crippen molar-refractivity contribution < 1.29 is 15.6 Å². The van der Waals surface area contributed by atoms with Crippen molar-refractivity contribution in [3.05, 3.63) is 0 Å². The normalized spacial score (nSPS) is 13.9. The minimum atomic E-state index is -3.89. The third kappa shape index (κ3) is 6.25. The standard InChI is InChI=1S/2C2H3BrO2.3CH3.Sb/c2*3-1-2(4)5;;;;/h2*1H2,(H,4,5);3*1H3;/q;;;;;+2/p-2.